The molecule has 8 heteroatoms. The van der Waals surface area contributed by atoms with Gasteiger partial charge in [0.25, 0.3) is 0 Å². The summed E-state index contributed by atoms with van der Waals surface area (Å²) in [4.78, 5) is 8.17. The fourth-order valence-corrected chi connectivity index (χ4v) is 2.36. The van der Waals surface area contributed by atoms with Crippen molar-refractivity contribution in [3.63, 3.8) is 0 Å². The first-order valence-electron chi connectivity index (χ1n) is 11.5. The SMILES string of the molecule is [2H]c1c(C#N)c([2H])c(C([2H])([2H])[2H])c(Oc2nc(Nc3ccc(C#N)cc3)nc(N)c2Br)c1C([2H])([2H])[2H]. The molecule has 0 aliphatic heterocycles. The number of ether oxygens (including phenoxy) is 1. The normalized spacial score (nSPS) is 15.1. The maximum absolute atomic E-state index is 9.38. The van der Waals surface area contributed by atoms with E-state index in [1.807, 2.05) is 6.07 Å². The number of nitrogens with zero attached hydrogens (tertiary/aromatic N) is 4. The summed E-state index contributed by atoms with van der Waals surface area (Å²) < 4.78 is 69.1. The van der Waals surface area contributed by atoms with E-state index in [1.165, 1.54) is 18.2 Å². The molecule has 7 nitrogen and oxygen atoms in total. The van der Waals surface area contributed by atoms with Crippen LogP contribution in [0.2, 0.25) is 0 Å². The predicted molar refractivity (Wildman–Crippen MR) is 109 cm³/mol. The molecule has 0 aliphatic carbocycles. The van der Waals surface area contributed by atoms with E-state index in [1.54, 1.807) is 12.1 Å². The highest BCUT2D eigenvalue weighted by Gasteiger charge is 2.16. The van der Waals surface area contributed by atoms with Gasteiger partial charge in [-0.3, -0.25) is 0 Å². The van der Waals surface area contributed by atoms with Crippen molar-refractivity contribution in [2.45, 2.75) is 13.7 Å². The van der Waals surface area contributed by atoms with Gasteiger partial charge in [0.1, 0.15) is 16.0 Å². The van der Waals surface area contributed by atoms with E-state index in [-0.39, 0.29) is 16.2 Å². The van der Waals surface area contributed by atoms with Gasteiger partial charge in [-0.15, -0.1) is 0 Å². The first kappa shape index (κ1) is 11.3. The number of aromatic nitrogens is 2. The number of hydrogen-bond donors (Lipinski definition) is 2. The first-order chi connectivity index (χ1) is 16.7. The number of nitrogens with one attached hydrogen (secondary N) is 1. The quantitative estimate of drug-likeness (QED) is 0.599. The molecule has 138 valence electrons. The lowest BCUT2D eigenvalue weighted by molar-refractivity contribution is 0.453. The molecular formula is C20H15BrN6O. The monoisotopic (exact) mass is 442 g/mol. The Hall–Kier alpha value is -3.62. The Kier molecular flexibility index (Phi) is 3.20. The number of benzene rings is 2. The minimum absolute atomic E-state index is 0.0525. The van der Waals surface area contributed by atoms with Crippen molar-refractivity contribution in [3.05, 3.63) is 63.1 Å². The fraction of sp³-hybridized carbons (Fsp3) is 0.100. The average Bonchev–Trinajstić information content (AvgIpc) is 2.76. The van der Waals surface area contributed by atoms with Crippen LogP contribution >= 0.6 is 15.9 Å². The molecule has 0 saturated heterocycles. The van der Waals surface area contributed by atoms with Gasteiger partial charge in [-0.2, -0.15) is 20.5 Å². The number of nitrogen functional groups attached to an aromatic ring is 1. The Labute approximate surface area is 181 Å². The highest BCUT2D eigenvalue weighted by molar-refractivity contribution is 9.10. The average molecular weight is 443 g/mol. The maximum atomic E-state index is 9.38. The lowest BCUT2D eigenvalue weighted by Gasteiger charge is -2.14. The standard InChI is InChI=1S/C20H15BrN6O/c1-11-7-14(10-23)8-12(2)17(11)28-19-16(21)18(24)26-20(27-19)25-15-5-3-13(9-22)4-6-15/h3-8H,1-2H3,(H3,24,25,26,27)/i1D3,2D3,7D,8D. The Balaban J connectivity index is 2.23. The Bertz CT molecular complexity index is 1380. The largest absolute Gasteiger partial charge is 0.437 e. The van der Waals surface area contributed by atoms with Crippen LogP contribution in [0.15, 0.2) is 40.8 Å². The van der Waals surface area contributed by atoms with Crippen molar-refractivity contribution in [3.8, 4) is 23.8 Å². The van der Waals surface area contributed by atoms with Crippen LogP contribution < -0.4 is 15.8 Å². The molecule has 0 amide bonds. The van der Waals surface area contributed by atoms with Gasteiger partial charge in [0, 0.05) is 13.9 Å². The van der Waals surface area contributed by atoms with Gasteiger partial charge >= 0.3 is 0 Å². The summed E-state index contributed by atoms with van der Waals surface area (Å²) >= 11 is 3.13. The number of halogens is 1. The van der Waals surface area contributed by atoms with E-state index in [0.717, 1.165) is 0 Å². The molecule has 0 saturated carbocycles. The molecule has 0 spiro atoms. The van der Waals surface area contributed by atoms with E-state index < -0.39 is 54.1 Å². The van der Waals surface area contributed by atoms with E-state index in [4.69, 9.17) is 26.7 Å². The minimum atomic E-state index is -3.08. The second kappa shape index (κ2) is 7.95. The summed E-state index contributed by atoms with van der Waals surface area (Å²) in [6.45, 7) is -6.17. The molecule has 0 fully saturated rings. The van der Waals surface area contributed by atoms with Crippen LogP contribution in [0.25, 0.3) is 0 Å². The third-order valence-electron chi connectivity index (χ3n) is 3.38. The summed E-state index contributed by atoms with van der Waals surface area (Å²) in [5, 5.41) is 21.1. The lowest BCUT2D eigenvalue weighted by Crippen LogP contribution is -2.04. The molecule has 0 atom stereocenters. The third-order valence-corrected chi connectivity index (χ3v) is 4.13. The van der Waals surface area contributed by atoms with E-state index in [2.05, 4.69) is 31.2 Å². The van der Waals surface area contributed by atoms with Crippen molar-refractivity contribution in [1.82, 2.24) is 9.97 Å². The van der Waals surface area contributed by atoms with Gasteiger partial charge in [-0.05, 0) is 77.1 Å². The van der Waals surface area contributed by atoms with E-state index >= 15 is 0 Å². The molecule has 1 heterocycles. The van der Waals surface area contributed by atoms with Gasteiger partial charge in [0.05, 0.1) is 26.0 Å². The van der Waals surface area contributed by atoms with Crippen LogP contribution in [-0.2, 0) is 0 Å². The highest BCUT2D eigenvalue weighted by Crippen LogP contribution is 2.36. The summed E-state index contributed by atoms with van der Waals surface area (Å²) in [6, 6.07) is 7.99. The topological polar surface area (TPSA) is 121 Å². The van der Waals surface area contributed by atoms with Crippen LogP contribution in [0.5, 0.6) is 11.6 Å². The van der Waals surface area contributed by atoms with Crippen molar-refractivity contribution in [2.24, 2.45) is 0 Å². The molecule has 2 aromatic carbocycles. The zero-order valence-corrected chi connectivity index (χ0v) is 15.5. The fourth-order valence-electron chi connectivity index (χ4n) is 2.10. The smallest absolute Gasteiger partial charge is 0.240 e. The molecule has 0 radical (unpaired) electrons. The van der Waals surface area contributed by atoms with Gasteiger partial charge in [0.2, 0.25) is 11.8 Å². The maximum Gasteiger partial charge on any atom is 0.240 e. The van der Waals surface area contributed by atoms with Crippen molar-refractivity contribution in [1.29, 1.82) is 10.5 Å². The Morgan fingerprint density at radius 1 is 1.11 bits per heavy atom. The van der Waals surface area contributed by atoms with Crippen LogP contribution in [0, 0.1) is 36.4 Å². The summed E-state index contributed by atoms with van der Waals surface area (Å²) in [5.74, 6) is -1.51. The molecule has 3 N–H and O–H groups in total. The Morgan fingerprint density at radius 2 is 1.75 bits per heavy atom. The molecule has 1 aromatic heterocycles. The summed E-state index contributed by atoms with van der Waals surface area (Å²) in [6.07, 6.45) is 0. The highest BCUT2D eigenvalue weighted by atomic mass is 79.9. The summed E-state index contributed by atoms with van der Waals surface area (Å²) in [7, 11) is 0. The molecule has 0 aliphatic rings. The molecule has 0 unspecified atom stereocenters. The van der Waals surface area contributed by atoms with Crippen LogP contribution in [0.4, 0.5) is 17.5 Å². The number of anilines is 3. The minimum Gasteiger partial charge on any atom is -0.437 e. The number of nitriles is 2. The van der Waals surface area contributed by atoms with Crippen LogP contribution in [0.3, 0.4) is 0 Å². The van der Waals surface area contributed by atoms with Crippen molar-refractivity contribution < 1.29 is 15.7 Å². The molecule has 0 bridgehead atoms. The predicted octanol–water partition coefficient (Wildman–Crippen LogP) is 4.72. The van der Waals surface area contributed by atoms with Gasteiger partial charge < -0.3 is 15.8 Å². The van der Waals surface area contributed by atoms with Gasteiger partial charge in [0.15, 0.2) is 0 Å². The lowest BCUT2D eigenvalue weighted by atomic mass is 10.1. The molecule has 28 heavy (non-hydrogen) atoms. The van der Waals surface area contributed by atoms with E-state index in [0.29, 0.717) is 11.3 Å². The van der Waals surface area contributed by atoms with Gasteiger partial charge in [-0.1, -0.05) is 0 Å². The number of hydrogen-bond acceptors (Lipinski definition) is 7. The molecule has 3 aromatic rings. The number of nitrogens with two attached hydrogens (primary N) is 1. The van der Waals surface area contributed by atoms with Crippen LogP contribution in [-0.4, -0.2) is 9.97 Å². The van der Waals surface area contributed by atoms with E-state index in [9.17, 15) is 5.26 Å². The molecular weight excluding hydrogens is 420 g/mol. The van der Waals surface area contributed by atoms with Gasteiger partial charge in [-0.25, -0.2) is 0 Å². The summed E-state index contributed by atoms with van der Waals surface area (Å²) in [5.41, 5.74) is 4.35. The second-order valence-corrected chi connectivity index (χ2v) is 6.08. The van der Waals surface area contributed by atoms with Crippen molar-refractivity contribution in [2.75, 3.05) is 11.1 Å². The zero-order valence-electron chi connectivity index (χ0n) is 22.0. The van der Waals surface area contributed by atoms with Crippen molar-refractivity contribution >= 4 is 33.4 Å². The van der Waals surface area contributed by atoms with Crippen LogP contribution in [0.1, 0.15) is 33.2 Å². The molecule has 3 rings (SSSR count). The number of rotatable bonds is 4. The third kappa shape index (κ3) is 4.03. The first-order valence-corrected chi connectivity index (χ1v) is 8.34. The zero-order chi connectivity index (χ0) is 27.0. The Morgan fingerprint density at radius 3 is 2.32 bits per heavy atom. The second-order valence-electron chi connectivity index (χ2n) is 5.28.